The summed E-state index contributed by atoms with van der Waals surface area (Å²) < 4.78 is 12.1. The molecular formula is C14H23BN2O3. The van der Waals surface area contributed by atoms with Crippen molar-refractivity contribution in [1.29, 1.82) is 0 Å². The van der Waals surface area contributed by atoms with E-state index in [1.54, 1.807) is 19.3 Å². The topological polar surface area (TPSA) is 77.6 Å². The first-order valence-electron chi connectivity index (χ1n) is 6.90. The third kappa shape index (κ3) is 2.68. The fourth-order valence-electron chi connectivity index (χ4n) is 2.26. The van der Waals surface area contributed by atoms with E-state index in [1.807, 2.05) is 27.7 Å². The van der Waals surface area contributed by atoms with E-state index in [2.05, 4.69) is 4.98 Å². The number of nitrogens with two attached hydrogens (primary N) is 1. The summed E-state index contributed by atoms with van der Waals surface area (Å²) in [4.78, 5) is 4.09. The van der Waals surface area contributed by atoms with Gasteiger partial charge in [0.1, 0.15) is 0 Å². The lowest BCUT2D eigenvalue weighted by molar-refractivity contribution is 0.00578. The average Bonchev–Trinajstić information content (AvgIpc) is 2.46. The summed E-state index contributed by atoms with van der Waals surface area (Å²) in [5.41, 5.74) is 7.37. The highest BCUT2D eigenvalue weighted by atomic mass is 16.7. The van der Waals surface area contributed by atoms with Crippen molar-refractivity contribution >= 4 is 18.3 Å². The fraction of sp³-hybridized carbons (Fsp3) is 0.643. The first kappa shape index (κ1) is 15.3. The number of aromatic nitrogens is 1. The second-order valence-corrected chi connectivity index (χ2v) is 6.44. The van der Waals surface area contributed by atoms with Gasteiger partial charge in [-0.2, -0.15) is 0 Å². The van der Waals surface area contributed by atoms with Gasteiger partial charge in [-0.05, 0) is 46.6 Å². The van der Waals surface area contributed by atoms with Crippen molar-refractivity contribution in [2.24, 2.45) is 0 Å². The van der Waals surface area contributed by atoms with E-state index in [4.69, 9.17) is 15.0 Å². The Morgan fingerprint density at radius 2 is 1.80 bits per heavy atom. The predicted molar refractivity (Wildman–Crippen MR) is 79.8 cm³/mol. The van der Waals surface area contributed by atoms with Gasteiger partial charge in [0.15, 0.2) is 0 Å². The summed E-state index contributed by atoms with van der Waals surface area (Å²) in [7, 11) is -0.531. The number of nitrogen functional groups attached to an aromatic ring is 1. The molecule has 0 spiro atoms. The Morgan fingerprint density at radius 3 is 2.30 bits per heavy atom. The molecule has 20 heavy (non-hydrogen) atoms. The van der Waals surface area contributed by atoms with Crippen LogP contribution in [0.25, 0.3) is 0 Å². The highest BCUT2D eigenvalue weighted by Gasteiger charge is 2.52. The van der Waals surface area contributed by atoms with Gasteiger partial charge in [-0.15, -0.1) is 0 Å². The summed E-state index contributed by atoms with van der Waals surface area (Å²) in [5, 5.41) is 9.62. The normalized spacial score (nSPS) is 22.0. The molecule has 2 heterocycles. The van der Waals surface area contributed by atoms with Gasteiger partial charge >= 0.3 is 7.12 Å². The molecule has 2 rings (SSSR count). The van der Waals surface area contributed by atoms with E-state index < -0.39 is 24.4 Å². The van der Waals surface area contributed by atoms with Gasteiger partial charge in [-0.25, -0.2) is 0 Å². The Hall–Kier alpha value is -1.11. The standard InChI is InChI=1S/C14H23BN2O3/c1-9(18)6-10-7-17-8-11(16)12(10)15-19-13(2,3)14(4,5)20-15/h7-9,18H,6,16H2,1-5H3. The summed E-state index contributed by atoms with van der Waals surface area (Å²) in [6, 6.07) is 0. The quantitative estimate of drug-likeness (QED) is 0.803. The molecule has 6 heteroatoms. The molecule has 3 N–H and O–H groups in total. The van der Waals surface area contributed by atoms with Crippen molar-refractivity contribution < 1.29 is 14.4 Å². The number of rotatable bonds is 3. The summed E-state index contributed by atoms with van der Waals surface area (Å²) in [6.45, 7) is 9.73. The summed E-state index contributed by atoms with van der Waals surface area (Å²) in [5.74, 6) is 0. The number of aliphatic hydroxyl groups is 1. The van der Waals surface area contributed by atoms with E-state index in [1.165, 1.54) is 0 Å². The molecule has 1 saturated heterocycles. The zero-order chi connectivity index (χ0) is 15.1. The molecule has 0 radical (unpaired) electrons. The Morgan fingerprint density at radius 1 is 1.25 bits per heavy atom. The predicted octanol–water partition coefficient (Wildman–Crippen LogP) is 0.886. The molecule has 1 aromatic rings. The van der Waals surface area contributed by atoms with Crippen LogP contribution in [0.2, 0.25) is 0 Å². The van der Waals surface area contributed by atoms with Gasteiger partial charge < -0.3 is 20.1 Å². The lowest BCUT2D eigenvalue weighted by Gasteiger charge is -2.32. The minimum absolute atomic E-state index is 0.421. The number of pyridine rings is 1. The fourth-order valence-corrected chi connectivity index (χ4v) is 2.26. The maximum atomic E-state index is 9.62. The molecule has 0 aromatic carbocycles. The van der Waals surface area contributed by atoms with Gasteiger partial charge in [0.2, 0.25) is 0 Å². The minimum Gasteiger partial charge on any atom is -0.399 e. The molecule has 0 amide bonds. The number of anilines is 1. The van der Waals surface area contributed by atoms with Crippen LogP contribution in [0.4, 0.5) is 5.69 Å². The molecule has 1 aliphatic rings. The highest BCUT2D eigenvalue weighted by molar-refractivity contribution is 6.64. The first-order chi connectivity index (χ1) is 9.14. The van der Waals surface area contributed by atoms with E-state index in [-0.39, 0.29) is 0 Å². The number of aliphatic hydroxyl groups excluding tert-OH is 1. The van der Waals surface area contributed by atoms with E-state index >= 15 is 0 Å². The zero-order valence-corrected chi connectivity index (χ0v) is 12.8. The van der Waals surface area contributed by atoms with Crippen molar-refractivity contribution in [3.8, 4) is 0 Å². The number of nitrogens with zero attached hydrogens (tertiary/aromatic N) is 1. The molecule has 1 fully saturated rings. The van der Waals surface area contributed by atoms with Gasteiger partial charge in [0, 0.05) is 17.9 Å². The van der Waals surface area contributed by atoms with Crippen molar-refractivity contribution in [3.05, 3.63) is 18.0 Å². The zero-order valence-electron chi connectivity index (χ0n) is 12.8. The monoisotopic (exact) mass is 278 g/mol. The van der Waals surface area contributed by atoms with Gasteiger partial charge in [0.25, 0.3) is 0 Å². The third-order valence-electron chi connectivity index (χ3n) is 4.11. The molecule has 110 valence electrons. The van der Waals surface area contributed by atoms with Crippen LogP contribution >= 0.6 is 0 Å². The van der Waals surface area contributed by atoms with Crippen LogP contribution in [0, 0.1) is 0 Å². The van der Waals surface area contributed by atoms with Crippen LogP contribution in [0.3, 0.4) is 0 Å². The highest BCUT2D eigenvalue weighted by Crippen LogP contribution is 2.37. The smallest absolute Gasteiger partial charge is 0.399 e. The molecular weight excluding hydrogens is 255 g/mol. The van der Waals surface area contributed by atoms with Crippen LogP contribution in [0.15, 0.2) is 12.4 Å². The molecule has 0 saturated carbocycles. The lowest BCUT2D eigenvalue weighted by Crippen LogP contribution is -2.41. The minimum atomic E-state index is -0.531. The molecule has 5 nitrogen and oxygen atoms in total. The summed E-state index contributed by atoms with van der Waals surface area (Å²) >= 11 is 0. The maximum Gasteiger partial charge on any atom is 0.497 e. The van der Waals surface area contributed by atoms with Crippen LogP contribution in [0.1, 0.15) is 40.2 Å². The Balaban J connectivity index is 2.39. The van der Waals surface area contributed by atoms with Crippen LogP contribution in [-0.4, -0.2) is 34.5 Å². The molecule has 1 aliphatic heterocycles. The Kier molecular flexibility index (Phi) is 3.84. The van der Waals surface area contributed by atoms with Crippen molar-refractivity contribution in [2.75, 3.05) is 5.73 Å². The van der Waals surface area contributed by atoms with Crippen molar-refractivity contribution in [1.82, 2.24) is 4.98 Å². The van der Waals surface area contributed by atoms with Crippen LogP contribution in [-0.2, 0) is 15.7 Å². The largest absolute Gasteiger partial charge is 0.497 e. The van der Waals surface area contributed by atoms with E-state index in [9.17, 15) is 5.11 Å². The van der Waals surface area contributed by atoms with E-state index in [0.29, 0.717) is 12.1 Å². The van der Waals surface area contributed by atoms with Crippen LogP contribution in [0.5, 0.6) is 0 Å². The van der Waals surface area contributed by atoms with Gasteiger partial charge in [-0.1, -0.05) is 0 Å². The van der Waals surface area contributed by atoms with Crippen molar-refractivity contribution in [3.63, 3.8) is 0 Å². The molecule has 1 aromatic heterocycles. The van der Waals surface area contributed by atoms with E-state index in [0.717, 1.165) is 11.0 Å². The van der Waals surface area contributed by atoms with Gasteiger partial charge in [-0.3, -0.25) is 4.98 Å². The third-order valence-corrected chi connectivity index (χ3v) is 4.11. The lowest BCUT2D eigenvalue weighted by atomic mass is 9.74. The Bertz CT molecular complexity index is 487. The number of hydrogen-bond acceptors (Lipinski definition) is 5. The molecule has 0 aliphatic carbocycles. The van der Waals surface area contributed by atoms with Gasteiger partial charge in [0.05, 0.1) is 23.0 Å². The molecule has 0 bridgehead atoms. The second-order valence-electron chi connectivity index (χ2n) is 6.44. The van der Waals surface area contributed by atoms with Crippen LogP contribution < -0.4 is 11.2 Å². The first-order valence-corrected chi connectivity index (χ1v) is 6.90. The molecule has 1 unspecified atom stereocenters. The average molecular weight is 278 g/mol. The SMILES string of the molecule is CC(O)Cc1cncc(N)c1B1OC(C)(C)C(C)(C)O1. The second kappa shape index (κ2) is 5.02. The maximum absolute atomic E-state index is 9.62. The summed E-state index contributed by atoms with van der Waals surface area (Å²) in [6.07, 6.45) is 3.30. The molecule has 1 atom stereocenters. The number of hydrogen-bond donors (Lipinski definition) is 2. The van der Waals surface area contributed by atoms with Crippen molar-refractivity contribution in [2.45, 2.75) is 58.3 Å². The Labute approximate surface area is 120 Å².